The average Bonchev–Trinajstić information content (AvgIpc) is 3.15. The van der Waals surface area contributed by atoms with E-state index in [4.69, 9.17) is 5.26 Å². The van der Waals surface area contributed by atoms with Gasteiger partial charge in [-0.15, -0.1) is 0 Å². The summed E-state index contributed by atoms with van der Waals surface area (Å²) in [6, 6.07) is 12.5. The Bertz CT molecular complexity index is 1210. The van der Waals surface area contributed by atoms with Gasteiger partial charge in [0, 0.05) is 29.6 Å². The third-order valence-corrected chi connectivity index (χ3v) is 6.51. The molecule has 2 heterocycles. The molecule has 31 heavy (non-hydrogen) atoms. The standard InChI is InChI=1S/C24H22FN5O/c25-20-4-3-15(11-18(20)13-26)16-1-2-17-14-27-23(29-21(17)12-16)28-19-5-8-24(9-6-19)10-7-22(31)30-24/h1-4,11-12,14,19H,5-10H2,(H,30,31)(H,27,28,29). The van der Waals surface area contributed by atoms with Gasteiger partial charge in [-0.25, -0.2) is 14.4 Å². The van der Waals surface area contributed by atoms with Gasteiger partial charge in [-0.1, -0.05) is 18.2 Å². The predicted octanol–water partition coefficient (Wildman–Crippen LogP) is 4.31. The zero-order valence-corrected chi connectivity index (χ0v) is 17.0. The SMILES string of the molecule is N#Cc1cc(-c2ccc3cnc(NC4CCC5(CCC(=O)N5)CC4)nc3c2)ccc1F. The van der Waals surface area contributed by atoms with Crippen molar-refractivity contribution in [3.63, 3.8) is 0 Å². The summed E-state index contributed by atoms with van der Waals surface area (Å²) in [6.07, 6.45) is 7.24. The Morgan fingerprint density at radius 1 is 1.13 bits per heavy atom. The fourth-order valence-electron chi connectivity index (χ4n) is 4.71. The Morgan fingerprint density at radius 3 is 2.65 bits per heavy atom. The Labute approximate surface area is 179 Å². The number of halogens is 1. The molecule has 1 saturated carbocycles. The van der Waals surface area contributed by atoms with Crippen molar-refractivity contribution in [1.82, 2.24) is 15.3 Å². The number of fused-ring (bicyclic) bond motifs is 1. The lowest BCUT2D eigenvalue weighted by molar-refractivity contribution is -0.120. The highest BCUT2D eigenvalue weighted by molar-refractivity contribution is 5.84. The van der Waals surface area contributed by atoms with Crippen LogP contribution in [-0.4, -0.2) is 27.5 Å². The molecule has 1 amide bonds. The van der Waals surface area contributed by atoms with Crippen molar-refractivity contribution in [2.75, 3.05) is 5.32 Å². The summed E-state index contributed by atoms with van der Waals surface area (Å²) in [6.45, 7) is 0. The van der Waals surface area contributed by atoms with Crippen LogP contribution >= 0.6 is 0 Å². The van der Waals surface area contributed by atoms with Crippen LogP contribution in [0.1, 0.15) is 44.1 Å². The molecular formula is C24H22FN5O. The average molecular weight is 415 g/mol. The van der Waals surface area contributed by atoms with E-state index in [2.05, 4.69) is 20.6 Å². The van der Waals surface area contributed by atoms with E-state index >= 15 is 0 Å². The molecule has 0 radical (unpaired) electrons. The molecule has 2 fully saturated rings. The number of hydrogen-bond donors (Lipinski definition) is 2. The van der Waals surface area contributed by atoms with Crippen molar-refractivity contribution < 1.29 is 9.18 Å². The van der Waals surface area contributed by atoms with Crippen molar-refractivity contribution in [2.45, 2.75) is 50.1 Å². The third kappa shape index (κ3) is 3.81. The maximum atomic E-state index is 13.7. The summed E-state index contributed by atoms with van der Waals surface area (Å²) in [5.41, 5.74) is 2.44. The number of carbonyl (C=O) groups excluding carboxylic acids is 1. The highest BCUT2D eigenvalue weighted by Gasteiger charge is 2.40. The molecule has 2 aromatic carbocycles. The van der Waals surface area contributed by atoms with E-state index in [0.717, 1.165) is 54.1 Å². The number of nitrogens with one attached hydrogen (secondary N) is 2. The topological polar surface area (TPSA) is 90.7 Å². The van der Waals surface area contributed by atoms with E-state index in [9.17, 15) is 9.18 Å². The Kier molecular flexibility index (Phi) is 4.78. The molecule has 156 valence electrons. The molecule has 0 atom stereocenters. The van der Waals surface area contributed by atoms with Gasteiger partial charge < -0.3 is 10.6 Å². The second kappa shape index (κ2) is 7.62. The first kappa shape index (κ1) is 19.4. The maximum Gasteiger partial charge on any atom is 0.223 e. The number of carbonyl (C=O) groups is 1. The number of anilines is 1. The molecular weight excluding hydrogens is 393 g/mol. The molecule has 0 unspecified atom stereocenters. The minimum Gasteiger partial charge on any atom is -0.351 e. The number of nitriles is 1. The fraction of sp³-hybridized carbons (Fsp3) is 0.333. The summed E-state index contributed by atoms with van der Waals surface area (Å²) in [5, 5.41) is 16.6. The van der Waals surface area contributed by atoms with Crippen LogP contribution in [0.25, 0.3) is 22.0 Å². The number of amides is 1. The van der Waals surface area contributed by atoms with Gasteiger partial charge in [-0.3, -0.25) is 4.79 Å². The quantitative estimate of drug-likeness (QED) is 0.665. The third-order valence-electron chi connectivity index (χ3n) is 6.51. The van der Waals surface area contributed by atoms with Gasteiger partial charge in [0.2, 0.25) is 11.9 Å². The lowest BCUT2D eigenvalue weighted by atomic mass is 9.78. The largest absolute Gasteiger partial charge is 0.351 e. The molecule has 1 spiro atoms. The fourth-order valence-corrected chi connectivity index (χ4v) is 4.71. The van der Waals surface area contributed by atoms with Crippen LogP contribution in [0.4, 0.5) is 10.3 Å². The van der Waals surface area contributed by atoms with E-state index in [-0.39, 0.29) is 23.1 Å². The first-order chi connectivity index (χ1) is 15.0. The second-order valence-electron chi connectivity index (χ2n) is 8.52. The molecule has 1 saturated heterocycles. The summed E-state index contributed by atoms with van der Waals surface area (Å²) < 4.78 is 13.7. The number of aromatic nitrogens is 2. The minimum absolute atomic E-state index is 0.00809. The first-order valence-electron chi connectivity index (χ1n) is 10.6. The first-order valence-corrected chi connectivity index (χ1v) is 10.6. The van der Waals surface area contributed by atoms with Crippen LogP contribution in [0.3, 0.4) is 0 Å². The number of nitrogens with zero attached hydrogens (tertiary/aromatic N) is 3. The summed E-state index contributed by atoms with van der Waals surface area (Å²) >= 11 is 0. The Morgan fingerprint density at radius 2 is 1.90 bits per heavy atom. The molecule has 6 nitrogen and oxygen atoms in total. The van der Waals surface area contributed by atoms with Crippen LogP contribution in [0, 0.1) is 17.1 Å². The smallest absolute Gasteiger partial charge is 0.223 e. The molecule has 5 rings (SSSR count). The molecule has 1 aliphatic heterocycles. The zero-order chi connectivity index (χ0) is 21.4. The molecule has 0 bridgehead atoms. The van der Waals surface area contributed by atoms with Gasteiger partial charge in [0.25, 0.3) is 0 Å². The van der Waals surface area contributed by atoms with Gasteiger partial charge in [0.05, 0.1) is 11.1 Å². The van der Waals surface area contributed by atoms with Crippen LogP contribution in [0.5, 0.6) is 0 Å². The van der Waals surface area contributed by atoms with E-state index < -0.39 is 5.82 Å². The predicted molar refractivity (Wildman–Crippen MR) is 116 cm³/mol. The van der Waals surface area contributed by atoms with Gasteiger partial charge in [0.1, 0.15) is 11.9 Å². The number of hydrogen-bond acceptors (Lipinski definition) is 5. The highest BCUT2D eigenvalue weighted by Crippen LogP contribution is 2.36. The number of benzene rings is 2. The molecule has 1 aromatic heterocycles. The Balaban J connectivity index is 1.34. The molecule has 1 aliphatic carbocycles. The van der Waals surface area contributed by atoms with Crippen molar-refractivity contribution in [3.8, 4) is 17.2 Å². The van der Waals surface area contributed by atoms with Crippen molar-refractivity contribution in [1.29, 1.82) is 5.26 Å². The van der Waals surface area contributed by atoms with Crippen LogP contribution in [0.15, 0.2) is 42.6 Å². The zero-order valence-electron chi connectivity index (χ0n) is 17.0. The summed E-state index contributed by atoms with van der Waals surface area (Å²) in [7, 11) is 0. The Hall–Kier alpha value is -3.53. The van der Waals surface area contributed by atoms with E-state index in [1.165, 1.54) is 6.07 Å². The number of rotatable bonds is 3. The lowest BCUT2D eigenvalue weighted by Gasteiger charge is -2.37. The van der Waals surface area contributed by atoms with Crippen molar-refractivity contribution in [2.24, 2.45) is 0 Å². The van der Waals surface area contributed by atoms with E-state index in [0.29, 0.717) is 12.4 Å². The van der Waals surface area contributed by atoms with Crippen LogP contribution in [-0.2, 0) is 4.79 Å². The van der Waals surface area contributed by atoms with E-state index in [1.54, 1.807) is 18.3 Å². The van der Waals surface area contributed by atoms with Crippen LogP contribution in [0.2, 0.25) is 0 Å². The molecule has 7 heteroatoms. The normalized spacial score (nSPS) is 23.0. The maximum absolute atomic E-state index is 13.7. The van der Waals surface area contributed by atoms with Crippen LogP contribution < -0.4 is 10.6 Å². The van der Waals surface area contributed by atoms with E-state index in [1.807, 2.05) is 24.3 Å². The van der Waals surface area contributed by atoms with Crippen molar-refractivity contribution >= 4 is 22.8 Å². The summed E-state index contributed by atoms with van der Waals surface area (Å²) in [5.74, 6) is 0.230. The summed E-state index contributed by atoms with van der Waals surface area (Å²) in [4.78, 5) is 20.8. The van der Waals surface area contributed by atoms with Gasteiger partial charge in [-0.05, 0) is 61.4 Å². The highest BCUT2D eigenvalue weighted by atomic mass is 19.1. The molecule has 3 aromatic rings. The van der Waals surface area contributed by atoms with Gasteiger partial charge in [-0.2, -0.15) is 5.26 Å². The second-order valence-corrected chi connectivity index (χ2v) is 8.52. The van der Waals surface area contributed by atoms with Gasteiger partial charge >= 0.3 is 0 Å². The lowest BCUT2D eigenvalue weighted by Crippen LogP contribution is -2.46. The minimum atomic E-state index is -0.521. The molecule has 2 N–H and O–H groups in total. The van der Waals surface area contributed by atoms with Gasteiger partial charge in [0.15, 0.2) is 0 Å². The molecule has 2 aliphatic rings. The van der Waals surface area contributed by atoms with Crippen molar-refractivity contribution in [3.05, 3.63) is 54.0 Å². The monoisotopic (exact) mass is 415 g/mol.